The van der Waals surface area contributed by atoms with E-state index in [2.05, 4.69) is 40.7 Å². The molecule has 0 aromatic carbocycles. The SMILES string of the molecule is Nc1ncccc1C(=O)NCc1ccc(CC2=CC=CCC2)s1. The van der Waals surface area contributed by atoms with Gasteiger partial charge in [0.25, 0.3) is 5.91 Å². The fourth-order valence-electron chi connectivity index (χ4n) is 2.51. The molecule has 0 bridgehead atoms. The number of amides is 1. The van der Waals surface area contributed by atoms with Crippen LogP contribution in [0.4, 0.5) is 5.82 Å². The van der Waals surface area contributed by atoms with Crippen LogP contribution in [0.1, 0.15) is 33.0 Å². The molecule has 0 unspecified atom stereocenters. The standard InChI is InChI=1S/C18H19N3OS/c19-17-16(7-4-10-20-17)18(22)21-12-15-9-8-14(23-15)11-13-5-2-1-3-6-13/h1-2,4-5,7-10H,3,6,11-12H2,(H2,19,20)(H,21,22). The number of nitrogens with zero attached hydrogens (tertiary/aromatic N) is 1. The van der Waals surface area contributed by atoms with Crippen molar-refractivity contribution in [1.29, 1.82) is 0 Å². The van der Waals surface area contributed by atoms with Gasteiger partial charge in [-0.25, -0.2) is 4.98 Å². The summed E-state index contributed by atoms with van der Waals surface area (Å²) < 4.78 is 0. The summed E-state index contributed by atoms with van der Waals surface area (Å²) in [5.74, 6) is 0.0693. The molecule has 5 heteroatoms. The number of allylic oxidation sites excluding steroid dienone is 4. The van der Waals surface area contributed by atoms with Gasteiger partial charge in [-0.2, -0.15) is 0 Å². The molecular weight excluding hydrogens is 306 g/mol. The van der Waals surface area contributed by atoms with Crippen molar-refractivity contribution in [1.82, 2.24) is 10.3 Å². The number of thiophene rings is 1. The maximum atomic E-state index is 12.1. The van der Waals surface area contributed by atoms with Gasteiger partial charge in [0.2, 0.25) is 0 Å². The Hall–Kier alpha value is -2.40. The molecule has 0 spiro atoms. The highest BCUT2D eigenvalue weighted by molar-refractivity contribution is 7.12. The minimum atomic E-state index is -0.189. The zero-order valence-corrected chi connectivity index (χ0v) is 13.6. The van der Waals surface area contributed by atoms with Crippen LogP contribution in [-0.4, -0.2) is 10.9 Å². The van der Waals surface area contributed by atoms with Gasteiger partial charge in [0.1, 0.15) is 5.82 Å². The van der Waals surface area contributed by atoms with Crippen molar-refractivity contribution >= 4 is 23.1 Å². The number of nitrogens with two attached hydrogens (primary N) is 1. The number of carbonyl (C=O) groups excluding carboxylic acids is 1. The van der Waals surface area contributed by atoms with Crippen molar-refractivity contribution in [2.45, 2.75) is 25.8 Å². The molecule has 4 nitrogen and oxygen atoms in total. The summed E-state index contributed by atoms with van der Waals surface area (Å²) in [5, 5.41) is 2.90. The van der Waals surface area contributed by atoms with Crippen LogP contribution in [-0.2, 0) is 13.0 Å². The first-order valence-electron chi connectivity index (χ1n) is 7.63. The number of hydrogen-bond donors (Lipinski definition) is 2. The Morgan fingerprint density at radius 1 is 1.30 bits per heavy atom. The van der Waals surface area contributed by atoms with Crippen molar-refractivity contribution in [2.75, 3.05) is 5.73 Å². The molecule has 1 aliphatic carbocycles. The molecule has 2 heterocycles. The van der Waals surface area contributed by atoms with E-state index < -0.39 is 0 Å². The Kier molecular flexibility index (Phi) is 4.88. The van der Waals surface area contributed by atoms with Crippen LogP contribution in [0.2, 0.25) is 0 Å². The Morgan fingerprint density at radius 3 is 2.96 bits per heavy atom. The number of rotatable bonds is 5. The summed E-state index contributed by atoms with van der Waals surface area (Å²) in [5.41, 5.74) is 7.60. The van der Waals surface area contributed by atoms with Gasteiger partial charge in [0, 0.05) is 22.4 Å². The summed E-state index contributed by atoms with van der Waals surface area (Å²) >= 11 is 1.74. The second kappa shape index (κ2) is 7.24. The molecular formula is C18H19N3OS. The first-order valence-corrected chi connectivity index (χ1v) is 8.45. The van der Waals surface area contributed by atoms with Crippen LogP contribution in [0.25, 0.3) is 0 Å². The minimum Gasteiger partial charge on any atom is -0.383 e. The monoisotopic (exact) mass is 325 g/mol. The third-order valence-corrected chi connectivity index (χ3v) is 4.81. The number of pyridine rings is 1. The van der Waals surface area contributed by atoms with Crippen LogP contribution >= 0.6 is 11.3 Å². The van der Waals surface area contributed by atoms with E-state index >= 15 is 0 Å². The van der Waals surface area contributed by atoms with Crippen LogP contribution in [0, 0.1) is 0 Å². The van der Waals surface area contributed by atoms with Crippen molar-refractivity contribution in [3.05, 3.63) is 69.6 Å². The van der Waals surface area contributed by atoms with Gasteiger partial charge in [-0.15, -0.1) is 11.3 Å². The van der Waals surface area contributed by atoms with Gasteiger partial charge in [0.05, 0.1) is 12.1 Å². The molecule has 0 aliphatic heterocycles. The van der Waals surface area contributed by atoms with Crippen LogP contribution < -0.4 is 11.1 Å². The summed E-state index contributed by atoms with van der Waals surface area (Å²) in [6.45, 7) is 0.511. The minimum absolute atomic E-state index is 0.189. The molecule has 0 saturated carbocycles. The number of nitrogens with one attached hydrogen (secondary N) is 1. The number of nitrogen functional groups attached to an aromatic ring is 1. The summed E-state index contributed by atoms with van der Waals surface area (Å²) in [4.78, 5) is 18.5. The van der Waals surface area contributed by atoms with Crippen molar-refractivity contribution in [2.24, 2.45) is 0 Å². The Labute approximate surface area is 139 Å². The Bertz CT molecular complexity index is 761. The molecule has 3 rings (SSSR count). The van der Waals surface area contributed by atoms with Crippen molar-refractivity contribution < 1.29 is 4.79 Å². The van der Waals surface area contributed by atoms with E-state index in [1.54, 1.807) is 29.7 Å². The second-order valence-corrected chi connectivity index (χ2v) is 6.71. The zero-order valence-electron chi connectivity index (χ0n) is 12.8. The van der Waals surface area contributed by atoms with E-state index in [1.165, 1.54) is 10.5 Å². The molecule has 0 saturated heterocycles. The molecule has 0 fully saturated rings. The van der Waals surface area contributed by atoms with Crippen LogP contribution in [0.15, 0.2) is 54.3 Å². The number of hydrogen-bond acceptors (Lipinski definition) is 4. The number of aromatic nitrogens is 1. The average Bonchev–Trinajstić information content (AvgIpc) is 3.01. The fourth-order valence-corrected chi connectivity index (χ4v) is 3.52. The summed E-state index contributed by atoms with van der Waals surface area (Å²) in [6, 6.07) is 7.61. The summed E-state index contributed by atoms with van der Waals surface area (Å²) in [6.07, 6.45) is 11.4. The first-order chi connectivity index (χ1) is 11.2. The first kappa shape index (κ1) is 15.5. The third kappa shape index (κ3) is 4.07. The van der Waals surface area contributed by atoms with Gasteiger partial charge in [-0.1, -0.05) is 23.8 Å². The lowest BCUT2D eigenvalue weighted by atomic mass is 10.0. The molecule has 3 N–H and O–H groups in total. The maximum absolute atomic E-state index is 12.1. The lowest BCUT2D eigenvalue weighted by Gasteiger charge is -2.07. The predicted octanol–water partition coefficient (Wildman–Crippen LogP) is 3.47. The molecule has 2 aromatic heterocycles. The van der Waals surface area contributed by atoms with E-state index in [-0.39, 0.29) is 11.7 Å². The molecule has 2 aromatic rings. The lowest BCUT2D eigenvalue weighted by Crippen LogP contribution is -2.23. The Balaban J connectivity index is 1.57. The van der Waals surface area contributed by atoms with Gasteiger partial charge in [-0.3, -0.25) is 4.79 Å². The zero-order chi connectivity index (χ0) is 16.1. The maximum Gasteiger partial charge on any atom is 0.255 e. The largest absolute Gasteiger partial charge is 0.383 e. The highest BCUT2D eigenvalue weighted by Gasteiger charge is 2.10. The Morgan fingerprint density at radius 2 is 2.17 bits per heavy atom. The highest BCUT2D eigenvalue weighted by atomic mass is 32.1. The van der Waals surface area contributed by atoms with E-state index in [1.807, 2.05) is 0 Å². The smallest absolute Gasteiger partial charge is 0.255 e. The normalized spacial score (nSPS) is 13.7. The van der Waals surface area contributed by atoms with E-state index in [0.29, 0.717) is 12.1 Å². The van der Waals surface area contributed by atoms with E-state index in [0.717, 1.165) is 24.1 Å². The fraction of sp³-hybridized carbons (Fsp3) is 0.222. The van der Waals surface area contributed by atoms with Gasteiger partial charge in [0.15, 0.2) is 0 Å². The summed E-state index contributed by atoms with van der Waals surface area (Å²) in [7, 11) is 0. The number of anilines is 1. The average molecular weight is 325 g/mol. The third-order valence-electron chi connectivity index (χ3n) is 3.73. The topological polar surface area (TPSA) is 68.0 Å². The molecule has 1 aliphatic rings. The second-order valence-electron chi connectivity index (χ2n) is 5.46. The molecule has 1 amide bonds. The molecule has 118 valence electrons. The van der Waals surface area contributed by atoms with Gasteiger partial charge in [-0.05, 0) is 37.1 Å². The van der Waals surface area contributed by atoms with Crippen molar-refractivity contribution in [3.8, 4) is 0 Å². The highest BCUT2D eigenvalue weighted by Crippen LogP contribution is 2.23. The molecule has 23 heavy (non-hydrogen) atoms. The predicted molar refractivity (Wildman–Crippen MR) is 94.3 cm³/mol. The van der Waals surface area contributed by atoms with Gasteiger partial charge < -0.3 is 11.1 Å². The quantitative estimate of drug-likeness (QED) is 0.884. The van der Waals surface area contributed by atoms with E-state index in [4.69, 9.17) is 5.73 Å². The van der Waals surface area contributed by atoms with Gasteiger partial charge >= 0.3 is 0 Å². The molecule has 0 radical (unpaired) electrons. The van der Waals surface area contributed by atoms with Crippen LogP contribution in [0.5, 0.6) is 0 Å². The molecule has 0 atom stereocenters. The van der Waals surface area contributed by atoms with E-state index in [9.17, 15) is 4.79 Å². The lowest BCUT2D eigenvalue weighted by molar-refractivity contribution is 0.0952. The van der Waals surface area contributed by atoms with Crippen LogP contribution in [0.3, 0.4) is 0 Å². The van der Waals surface area contributed by atoms with Crippen molar-refractivity contribution in [3.63, 3.8) is 0 Å². The number of carbonyl (C=O) groups is 1.